The molecule has 0 N–H and O–H groups in total. The number of hydrogen-bond donors (Lipinski definition) is 0. The molecule has 1 aliphatic carbocycles. The Morgan fingerprint density at radius 1 is 0.735 bits per heavy atom. The second kappa shape index (κ2) is 11.6. The van der Waals surface area contributed by atoms with Crippen molar-refractivity contribution in [3.05, 3.63) is 89.0 Å². The van der Waals surface area contributed by atoms with Gasteiger partial charge in [-0.1, -0.05) is 68.3 Å². The molecule has 1 fully saturated rings. The molecule has 3 aromatic rings. The van der Waals surface area contributed by atoms with Gasteiger partial charge in [-0.15, -0.1) is 0 Å². The first-order valence-corrected chi connectivity index (χ1v) is 12.9. The van der Waals surface area contributed by atoms with Gasteiger partial charge in [-0.05, 0) is 91.7 Å². The molecule has 3 heteroatoms. The van der Waals surface area contributed by atoms with Crippen LogP contribution in [0.3, 0.4) is 0 Å². The van der Waals surface area contributed by atoms with E-state index in [2.05, 4.69) is 31.2 Å². The Morgan fingerprint density at radius 3 is 1.94 bits per heavy atom. The highest BCUT2D eigenvalue weighted by Gasteiger charge is 2.21. The molecule has 1 saturated carbocycles. The number of aryl methyl sites for hydroxylation is 2. The quantitative estimate of drug-likeness (QED) is 0.308. The molecule has 0 unspecified atom stereocenters. The zero-order valence-electron chi connectivity index (χ0n) is 20.5. The van der Waals surface area contributed by atoms with E-state index in [1.807, 2.05) is 24.3 Å². The zero-order chi connectivity index (χ0) is 23.9. The summed E-state index contributed by atoms with van der Waals surface area (Å²) in [5.74, 6) is -0.173. The average molecular weight is 463 g/mol. The van der Waals surface area contributed by atoms with Crippen molar-refractivity contribution >= 4 is 0 Å². The molecule has 0 radical (unpaired) electrons. The van der Waals surface area contributed by atoms with Crippen molar-refractivity contribution in [2.45, 2.75) is 71.1 Å². The van der Waals surface area contributed by atoms with Crippen molar-refractivity contribution in [3.63, 3.8) is 0 Å². The van der Waals surface area contributed by atoms with Gasteiger partial charge in [-0.25, -0.2) is 4.39 Å². The largest absolute Gasteiger partial charge is 0.491 e. The summed E-state index contributed by atoms with van der Waals surface area (Å²) in [4.78, 5) is 0. The van der Waals surface area contributed by atoms with Crippen molar-refractivity contribution in [1.82, 2.24) is 0 Å². The topological polar surface area (TPSA) is 9.23 Å². The molecule has 34 heavy (non-hydrogen) atoms. The maximum absolute atomic E-state index is 14.5. The SMILES string of the molecule is CCCC1CCC(c2ccc(CCc3ccc(-c4ccc(OCC)c(F)c4F)cc3)cc2)CC1. The van der Waals surface area contributed by atoms with E-state index in [0.29, 0.717) is 12.2 Å². The second-order valence-electron chi connectivity index (χ2n) is 9.62. The summed E-state index contributed by atoms with van der Waals surface area (Å²) in [6, 6.07) is 20.0. The van der Waals surface area contributed by atoms with Crippen LogP contribution in [0.25, 0.3) is 11.1 Å². The minimum atomic E-state index is -0.930. The summed E-state index contributed by atoms with van der Waals surface area (Å²) in [5, 5.41) is 0. The number of rotatable bonds is 9. The van der Waals surface area contributed by atoms with E-state index in [-0.39, 0.29) is 11.3 Å². The number of halogens is 2. The molecular formula is C31H36F2O. The van der Waals surface area contributed by atoms with E-state index < -0.39 is 11.6 Å². The van der Waals surface area contributed by atoms with Gasteiger partial charge >= 0.3 is 0 Å². The molecule has 0 aliphatic heterocycles. The van der Waals surface area contributed by atoms with Crippen LogP contribution >= 0.6 is 0 Å². The molecule has 0 saturated heterocycles. The van der Waals surface area contributed by atoms with Crippen LogP contribution in [0.1, 0.15) is 75.0 Å². The Balaban J connectivity index is 1.33. The lowest BCUT2D eigenvalue weighted by Crippen LogP contribution is -2.13. The highest BCUT2D eigenvalue weighted by Crippen LogP contribution is 2.37. The van der Waals surface area contributed by atoms with Crippen LogP contribution in [0.5, 0.6) is 5.75 Å². The molecule has 1 nitrogen and oxygen atoms in total. The molecule has 0 spiro atoms. The normalized spacial score (nSPS) is 18.1. The summed E-state index contributed by atoms with van der Waals surface area (Å²) in [5.41, 5.74) is 4.95. The fourth-order valence-electron chi connectivity index (χ4n) is 5.31. The maximum atomic E-state index is 14.5. The lowest BCUT2D eigenvalue weighted by Gasteiger charge is -2.28. The van der Waals surface area contributed by atoms with Gasteiger partial charge in [-0.3, -0.25) is 0 Å². The van der Waals surface area contributed by atoms with Gasteiger partial charge in [0.25, 0.3) is 0 Å². The fourth-order valence-corrected chi connectivity index (χ4v) is 5.31. The summed E-state index contributed by atoms with van der Waals surface area (Å²) >= 11 is 0. The first-order valence-electron chi connectivity index (χ1n) is 12.9. The van der Waals surface area contributed by atoms with E-state index >= 15 is 0 Å². The smallest absolute Gasteiger partial charge is 0.201 e. The Hall–Kier alpha value is -2.68. The van der Waals surface area contributed by atoms with Crippen LogP contribution in [0.15, 0.2) is 60.7 Å². The van der Waals surface area contributed by atoms with Crippen LogP contribution in [-0.4, -0.2) is 6.61 Å². The van der Waals surface area contributed by atoms with Crippen molar-refractivity contribution in [3.8, 4) is 16.9 Å². The molecule has 180 valence electrons. The van der Waals surface area contributed by atoms with E-state index in [9.17, 15) is 8.78 Å². The second-order valence-corrected chi connectivity index (χ2v) is 9.62. The highest BCUT2D eigenvalue weighted by molar-refractivity contribution is 5.65. The zero-order valence-corrected chi connectivity index (χ0v) is 20.5. The summed E-state index contributed by atoms with van der Waals surface area (Å²) in [6.07, 6.45) is 10.00. The van der Waals surface area contributed by atoms with Gasteiger partial charge in [-0.2, -0.15) is 4.39 Å². The summed E-state index contributed by atoms with van der Waals surface area (Å²) in [6.45, 7) is 4.34. The van der Waals surface area contributed by atoms with E-state index in [1.165, 1.54) is 61.3 Å². The molecule has 3 aromatic carbocycles. The predicted octanol–water partition coefficient (Wildman–Crippen LogP) is 8.89. The minimum Gasteiger partial charge on any atom is -0.491 e. The summed E-state index contributed by atoms with van der Waals surface area (Å²) < 4.78 is 33.9. The van der Waals surface area contributed by atoms with Crippen molar-refractivity contribution in [1.29, 1.82) is 0 Å². The minimum absolute atomic E-state index is 0.0458. The van der Waals surface area contributed by atoms with Crippen LogP contribution in [-0.2, 0) is 12.8 Å². The predicted molar refractivity (Wildman–Crippen MR) is 136 cm³/mol. The first-order chi connectivity index (χ1) is 16.6. The molecule has 1 aliphatic rings. The lowest BCUT2D eigenvalue weighted by molar-refractivity contribution is 0.308. The third kappa shape index (κ3) is 5.87. The lowest BCUT2D eigenvalue weighted by atomic mass is 9.77. The number of ether oxygens (including phenoxy) is 1. The molecule has 4 rings (SSSR count). The average Bonchev–Trinajstić information content (AvgIpc) is 2.87. The molecular weight excluding hydrogens is 426 g/mol. The summed E-state index contributed by atoms with van der Waals surface area (Å²) in [7, 11) is 0. The van der Waals surface area contributed by atoms with Gasteiger partial charge in [0.05, 0.1) is 6.61 Å². The Labute approximate surface area is 203 Å². The molecule has 0 bridgehead atoms. The fraction of sp³-hybridized carbons (Fsp3) is 0.419. The monoisotopic (exact) mass is 462 g/mol. The molecule has 0 atom stereocenters. The highest BCUT2D eigenvalue weighted by atomic mass is 19.2. The third-order valence-electron chi connectivity index (χ3n) is 7.31. The number of hydrogen-bond acceptors (Lipinski definition) is 1. The van der Waals surface area contributed by atoms with Gasteiger partial charge < -0.3 is 4.74 Å². The van der Waals surface area contributed by atoms with Crippen molar-refractivity contribution in [2.75, 3.05) is 6.61 Å². The molecule has 0 amide bonds. The van der Waals surface area contributed by atoms with Gasteiger partial charge in [0.1, 0.15) is 0 Å². The van der Waals surface area contributed by atoms with E-state index in [4.69, 9.17) is 4.74 Å². The number of benzene rings is 3. The van der Waals surface area contributed by atoms with Crippen LogP contribution < -0.4 is 4.74 Å². The maximum Gasteiger partial charge on any atom is 0.201 e. The van der Waals surface area contributed by atoms with Gasteiger partial charge in [0, 0.05) is 5.56 Å². The van der Waals surface area contributed by atoms with Crippen LogP contribution in [0, 0.1) is 17.6 Å². The standard InChI is InChI=1S/C31H36F2O/c1-3-5-22-8-14-25(15-9-22)26-16-10-23(11-17-26)6-7-24-12-18-27(19-13-24)28-20-21-29(34-4-2)31(33)30(28)32/h10-13,16-22,25H,3-9,14-15H2,1-2H3. The molecule has 0 aromatic heterocycles. The van der Waals surface area contributed by atoms with Crippen molar-refractivity contribution in [2.24, 2.45) is 5.92 Å². The van der Waals surface area contributed by atoms with E-state index in [0.717, 1.165) is 24.7 Å². The van der Waals surface area contributed by atoms with Gasteiger partial charge in [0.15, 0.2) is 11.6 Å². The van der Waals surface area contributed by atoms with Crippen molar-refractivity contribution < 1.29 is 13.5 Å². The Morgan fingerprint density at radius 2 is 1.35 bits per heavy atom. The third-order valence-corrected chi connectivity index (χ3v) is 7.31. The van der Waals surface area contributed by atoms with E-state index in [1.54, 1.807) is 13.0 Å². The van der Waals surface area contributed by atoms with Gasteiger partial charge in [0.2, 0.25) is 5.82 Å². The Bertz CT molecular complexity index is 1050. The first kappa shape index (κ1) is 24.4. The Kier molecular flexibility index (Phi) is 8.37. The molecule has 0 heterocycles. The van der Waals surface area contributed by atoms with Crippen LogP contribution in [0.4, 0.5) is 8.78 Å². The van der Waals surface area contributed by atoms with Crippen LogP contribution in [0.2, 0.25) is 0 Å².